The zero-order valence-corrected chi connectivity index (χ0v) is 9.49. The summed E-state index contributed by atoms with van der Waals surface area (Å²) >= 11 is 0. The molecule has 0 bridgehead atoms. The van der Waals surface area contributed by atoms with Gasteiger partial charge in [0.1, 0.15) is 5.84 Å². The van der Waals surface area contributed by atoms with Crippen LogP contribution in [-0.4, -0.2) is 24.4 Å². The average Bonchev–Trinajstić information content (AvgIpc) is 2.16. The van der Waals surface area contributed by atoms with E-state index >= 15 is 0 Å². The number of pyridine rings is 1. The second-order valence-corrected chi connectivity index (χ2v) is 4.08. The summed E-state index contributed by atoms with van der Waals surface area (Å²) < 4.78 is 0. The molecule has 4 heteroatoms. The minimum Gasteiger partial charge on any atom is -0.384 e. The van der Waals surface area contributed by atoms with Crippen LogP contribution in [0.4, 0.5) is 5.69 Å². The van der Waals surface area contributed by atoms with Crippen molar-refractivity contribution in [2.75, 3.05) is 18.5 Å². The van der Waals surface area contributed by atoms with Gasteiger partial charge in [0.25, 0.3) is 0 Å². The van der Waals surface area contributed by atoms with Gasteiger partial charge in [-0.25, -0.2) is 0 Å². The van der Waals surface area contributed by atoms with Crippen LogP contribution in [0.3, 0.4) is 0 Å². The second kappa shape index (κ2) is 4.77. The topological polar surface area (TPSA) is 66.0 Å². The molecule has 0 saturated heterocycles. The Bertz CT molecular complexity index is 346. The zero-order valence-electron chi connectivity index (χ0n) is 9.49. The third-order valence-corrected chi connectivity index (χ3v) is 2.14. The first-order valence-electron chi connectivity index (χ1n) is 5.02. The Morgan fingerprint density at radius 3 is 2.80 bits per heavy atom. The van der Waals surface area contributed by atoms with E-state index in [9.17, 15) is 0 Å². The van der Waals surface area contributed by atoms with E-state index in [2.05, 4.69) is 23.7 Å². The molecule has 82 valence electrons. The van der Waals surface area contributed by atoms with E-state index in [4.69, 9.17) is 11.1 Å². The number of anilines is 1. The van der Waals surface area contributed by atoms with E-state index in [0.29, 0.717) is 5.92 Å². The van der Waals surface area contributed by atoms with Crippen molar-refractivity contribution in [3.05, 3.63) is 24.0 Å². The zero-order chi connectivity index (χ0) is 11.4. The van der Waals surface area contributed by atoms with Gasteiger partial charge in [-0.05, 0) is 12.0 Å². The fraction of sp³-hybridized carbons (Fsp3) is 0.455. The molecule has 0 aromatic carbocycles. The summed E-state index contributed by atoms with van der Waals surface area (Å²) in [6.45, 7) is 5.23. The van der Waals surface area contributed by atoms with Crippen LogP contribution in [0.5, 0.6) is 0 Å². The van der Waals surface area contributed by atoms with Gasteiger partial charge in [-0.2, -0.15) is 0 Å². The molecule has 4 nitrogen and oxygen atoms in total. The van der Waals surface area contributed by atoms with Gasteiger partial charge in [-0.1, -0.05) is 13.8 Å². The summed E-state index contributed by atoms with van der Waals surface area (Å²) in [7, 11) is 1.99. The van der Waals surface area contributed by atoms with Gasteiger partial charge in [-0.15, -0.1) is 0 Å². The van der Waals surface area contributed by atoms with Crippen LogP contribution in [0.2, 0.25) is 0 Å². The van der Waals surface area contributed by atoms with Crippen LogP contribution in [0.25, 0.3) is 0 Å². The lowest BCUT2D eigenvalue weighted by Crippen LogP contribution is -2.26. The van der Waals surface area contributed by atoms with Crippen molar-refractivity contribution in [3.63, 3.8) is 0 Å². The van der Waals surface area contributed by atoms with E-state index < -0.39 is 0 Å². The molecule has 1 heterocycles. The molecule has 0 amide bonds. The molecule has 0 saturated carbocycles. The molecule has 0 fully saturated rings. The largest absolute Gasteiger partial charge is 0.384 e. The quantitative estimate of drug-likeness (QED) is 0.579. The molecule has 0 aliphatic rings. The number of nitrogens with zero attached hydrogens (tertiary/aromatic N) is 2. The van der Waals surface area contributed by atoms with Gasteiger partial charge < -0.3 is 10.6 Å². The predicted molar refractivity (Wildman–Crippen MR) is 63.4 cm³/mol. The standard InChI is InChI=1S/C11H18N4/c1-8(2)7-15(3)10-6-14-5-4-9(10)11(12)13/h4-6,8H,7H2,1-3H3,(H3,12,13). The molecule has 0 spiro atoms. The van der Waals surface area contributed by atoms with Crippen molar-refractivity contribution >= 4 is 11.5 Å². The molecular formula is C11H18N4. The maximum absolute atomic E-state index is 7.48. The van der Waals surface area contributed by atoms with Crippen molar-refractivity contribution in [3.8, 4) is 0 Å². The molecule has 0 aliphatic carbocycles. The number of hydrogen-bond donors (Lipinski definition) is 2. The van der Waals surface area contributed by atoms with E-state index in [-0.39, 0.29) is 5.84 Å². The Morgan fingerprint density at radius 2 is 2.27 bits per heavy atom. The molecule has 1 aromatic heterocycles. The van der Waals surface area contributed by atoms with E-state index in [1.807, 2.05) is 7.05 Å². The fourth-order valence-electron chi connectivity index (χ4n) is 1.56. The van der Waals surface area contributed by atoms with Gasteiger partial charge >= 0.3 is 0 Å². The van der Waals surface area contributed by atoms with Crippen LogP contribution < -0.4 is 10.6 Å². The van der Waals surface area contributed by atoms with Crippen LogP contribution in [0, 0.1) is 11.3 Å². The van der Waals surface area contributed by atoms with E-state index in [0.717, 1.165) is 17.8 Å². The summed E-state index contributed by atoms with van der Waals surface area (Å²) in [5.41, 5.74) is 7.17. The van der Waals surface area contributed by atoms with Crippen molar-refractivity contribution in [2.45, 2.75) is 13.8 Å². The predicted octanol–water partition coefficient (Wildman–Crippen LogP) is 1.46. The molecule has 3 N–H and O–H groups in total. The Hall–Kier alpha value is -1.58. The van der Waals surface area contributed by atoms with Crippen molar-refractivity contribution in [1.82, 2.24) is 4.98 Å². The van der Waals surface area contributed by atoms with Gasteiger partial charge in [0.15, 0.2) is 0 Å². The van der Waals surface area contributed by atoms with Crippen molar-refractivity contribution < 1.29 is 0 Å². The minimum absolute atomic E-state index is 0.0861. The van der Waals surface area contributed by atoms with Crippen LogP contribution in [0.1, 0.15) is 19.4 Å². The Morgan fingerprint density at radius 1 is 1.60 bits per heavy atom. The lowest BCUT2D eigenvalue weighted by molar-refractivity contribution is 0.638. The Kier molecular flexibility index (Phi) is 3.66. The second-order valence-electron chi connectivity index (χ2n) is 4.08. The van der Waals surface area contributed by atoms with Crippen molar-refractivity contribution in [1.29, 1.82) is 5.41 Å². The molecular weight excluding hydrogens is 188 g/mol. The smallest absolute Gasteiger partial charge is 0.125 e. The van der Waals surface area contributed by atoms with Crippen LogP contribution >= 0.6 is 0 Å². The lowest BCUT2D eigenvalue weighted by atomic mass is 10.1. The molecule has 0 atom stereocenters. The first kappa shape index (κ1) is 11.5. The van der Waals surface area contributed by atoms with E-state index in [1.165, 1.54) is 0 Å². The monoisotopic (exact) mass is 206 g/mol. The van der Waals surface area contributed by atoms with Gasteiger partial charge in [0.2, 0.25) is 0 Å². The van der Waals surface area contributed by atoms with Gasteiger partial charge in [-0.3, -0.25) is 10.4 Å². The summed E-state index contributed by atoms with van der Waals surface area (Å²) in [4.78, 5) is 6.14. The summed E-state index contributed by atoms with van der Waals surface area (Å²) in [6.07, 6.45) is 3.41. The highest BCUT2D eigenvalue weighted by atomic mass is 15.1. The molecule has 0 aliphatic heterocycles. The summed E-state index contributed by atoms with van der Waals surface area (Å²) in [6, 6.07) is 1.77. The Balaban J connectivity index is 2.97. The highest BCUT2D eigenvalue weighted by molar-refractivity contribution is 6.00. The Labute approximate surface area is 90.6 Å². The first-order chi connectivity index (χ1) is 7.02. The SMILES string of the molecule is CC(C)CN(C)c1cnccc1C(=N)N. The normalized spacial score (nSPS) is 10.4. The maximum atomic E-state index is 7.48. The number of nitrogen functional groups attached to an aromatic ring is 1. The number of hydrogen-bond acceptors (Lipinski definition) is 3. The highest BCUT2D eigenvalue weighted by Gasteiger charge is 2.10. The van der Waals surface area contributed by atoms with E-state index in [1.54, 1.807) is 18.5 Å². The molecule has 15 heavy (non-hydrogen) atoms. The lowest BCUT2D eigenvalue weighted by Gasteiger charge is -2.23. The number of amidine groups is 1. The average molecular weight is 206 g/mol. The number of nitrogens with two attached hydrogens (primary N) is 1. The minimum atomic E-state index is 0.0861. The first-order valence-corrected chi connectivity index (χ1v) is 5.02. The number of nitrogens with one attached hydrogen (secondary N) is 1. The van der Waals surface area contributed by atoms with Crippen LogP contribution in [-0.2, 0) is 0 Å². The summed E-state index contributed by atoms with van der Waals surface area (Å²) in [5, 5.41) is 7.48. The molecule has 1 aromatic rings. The van der Waals surface area contributed by atoms with Crippen LogP contribution in [0.15, 0.2) is 18.5 Å². The molecule has 1 rings (SSSR count). The third kappa shape index (κ3) is 2.94. The number of aromatic nitrogens is 1. The molecule has 0 unspecified atom stereocenters. The maximum Gasteiger partial charge on any atom is 0.125 e. The third-order valence-electron chi connectivity index (χ3n) is 2.14. The number of rotatable bonds is 4. The van der Waals surface area contributed by atoms with Gasteiger partial charge in [0.05, 0.1) is 11.9 Å². The summed E-state index contributed by atoms with van der Waals surface area (Å²) in [5.74, 6) is 0.651. The van der Waals surface area contributed by atoms with Crippen molar-refractivity contribution in [2.24, 2.45) is 11.7 Å². The molecule has 0 radical (unpaired) electrons. The highest BCUT2D eigenvalue weighted by Crippen LogP contribution is 2.17. The van der Waals surface area contributed by atoms with Gasteiger partial charge in [0, 0.05) is 25.4 Å². The fourth-order valence-corrected chi connectivity index (χ4v) is 1.56.